The van der Waals surface area contributed by atoms with E-state index in [1.54, 1.807) is 36.4 Å². The zero-order valence-corrected chi connectivity index (χ0v) is 18.3. The van der Waals surface area contributed by atoms with Crippen molar-refractivity contribution >= 4 is 45.0 Å². The van der Waals surface area contributed by atoms with Gasteiger partial charge in [-0.1, -0.05) is 48.5 Å². The number of ketones is 2. The molecule has 0 saturated carbocycles. The highest BCUT2D eigenvalue weighted by Gasteiger charge is 2.22. The van der Waals surface area contributed by atoms with Crippen molar-refractivity contribution in [2.75, 3.05) is 0 Å². The summed E-state index contributed by atoms with van der Waals surface area (Å²) in [6, 6.07) is 15.1. The minimum Gasteiger partial charge on any atom is -0.506 e. The van der Waals surface area contributed by atoms with Gasteiger partial charge in [0.05, 0.1) is 0 Å². The molecule has 4 aromatic rings. The standard InChI is InChI=1S/C27H20O8/c28-22(18-12-20(26(32)33)24(30)16-8-3-1-6-14(16)18)10-5-11-23(29)19-13-21(27(34)35)25(31)17-9-4-2-7-15(17)19/h1-4,6-9,12-13,30-31H,5,10-11H2,(H,32,33)(H,34,35). The Morgan fingerprint density at radius 1 is 0.543 bits per heavy atom. The van der Waals surface area contributed by atoms with E-state index in [-0.39, 0.29) is 52.3 Å². The molecule has 0 spiro atoms. The van der Waals surface area contributed by atoms with Crippen LogP contribution in [-0.4, -0.2) is 43.9 Å². The number of phenols is 2. The summed E-state index contributed by atoms with van der Waals surface area (Å²) in [4.78, 5) is 49.0. The van der Waals surface area contributed by atoms with Crippen molar-refractivity contribution in [3.8, 4) is 11.5 Å². The zero-order valence-electron chi connectivity index (χ0n) is 18.3. The summed E-state index contributed by atoms with van der Waals surface area (Å²) in [7, 11) is 0. The fourth-order valence-electron chi connectivity index (χ4n) is 4.19. The molecule has 4 rings (SSSR count). The molecule has 0 atom stereocenters. The van der Waals surface area contributed by atoms with E-state index in [2.05, 4.69) is 0 Å². The predicted octanol–water partition coefficient (Wildman–Crippen LogP) is 5.04. The average molecular weight is 472 g/mol. The van der Waals surface area contributed by atoms with Crippen molar-refractivity contribution in [2.45, 2.75) is 19.3 Å². The minimum atomic E-state index is -1.37. The van der Waals surface area contributed by atoms with E-state index in [1.165, 1.54) is 12.1 Å². The monoisotopic (exact) mass is 472 g/mol. The number of benzene rings is 4. The molecular weight excluding hydrogens is 452 g/mol. The Balaban J connectivity index is 1.59. The lowest BCUT2D eigenvalue weighted by atomic mass is 9.92. The maximum absolute atomic E-state index is 13.0. The van der Waals surface area contributed by atoms with Gasteiger partial charge in [0.25, 0.3) is 0 Å². The molecule has 0 aliphatic carbocycles. The van der Waals surface area contributed by atoms with Crippen LogP contribution in [0.25, 0.3) is 21.5 Å². The first-order valence-electron chi connectivity index (χ1n) is 10.7. The van der Waals surface area contributed by atoms with Gasteiger partial charge in [0.2, 0.25) is 0 Å². The third kappa shape index (κ3) is 4.29. The van der Waals surface area contributed by atoms with Crippen LogP contribution in [-0.2, 0) is 0 Å². The molecule has 0 radical (unpaired) electrons. The maximum atomic E-state index is 13.0. The number of hydrogen-bond acceptors (Lipinski definition) is 6. The molecule has 0 unspecified atom stereocenters. The van der Waals surface area contributed by atoms with Crippen molar-refractivity contribution in [3.05, 3.63) is 82.9 Å². The van der Waals surface area contributed by atoms with Crippen molar-refractivity contribution in [1.29, 1.82) is 0 Å². The molecule has 0 amide bonds. The Labute approximate surface area is 198 Å². The number of carboxylic acids is 2. The fourth-order valence-corrected chi connectivity index (χ4v) is 4.19. The highest BCUT2D eigenvalue weighted by Crippen LogP contribution is 2.34. The summed E-state index contributed by atoms with van der Waals surface area (Å²) in [6.45, 7) is 0. The van der Waals surface area contributed by atoms with Crippen LogP contribution in [0.5, 0.6) is 11.5 Å². The van der Waals surface area contributed by atoms with Crippen LogP contribution < -0.4 is 0 Å². The van der Waals surface area contributed by atoms with Crippen molar-refractivity contribution in [3.63, 3.8) is 0 Å². The highest BCUT2D eigenvalue weighted by atomic mass is 16.4. The van der Waals surface area contributed by atoms with Gasteiger partial charge in [0, 0.05) is 34.7 Å². The number of rotatable bonds is 8. The third-order valence-corrected chi connectivity index (χ3v) is 5.90. The number of carbonyl (C=O) groups is 4. The molecule has 8 nitrogen and oxygen atoms in total. The second-order valence-corrected chi connectivity index (χ2v) is 8.04. The van der Waals surface area contributed by atoms with E-state index in [0.29, 0.717) is 10.8 Å². The number of hydrogen-bond donors (Lipinski definition) is 4. The first-order chi connectivity index (χ1) is 16.7. The number of fused-ring (bicyclic) bond motifs is 2. The number of carboxylic acid groups (broad SMARTS) is 2. The highest BCUT2D eigenvalue weighted by molar-refractivity contribution is 6.14. The lowest BCUT2D eigenvalue weighted by molar-refractivity contribution is 0.0682. The summed E-state index contributed by atoms with van der Waals surface area (Å²) in [6.07, 6.45) is -0.00434. The van der Waals surface area contributed by atoms with E-state index in [1.807, 2.05) is 0 Å². The Morgan fingerprint density at radius 3 is 1.23 bits per heavy atom. The summed E-state index contributed by atoms with van der Waals surface area (Å²) in [5.41, 5.74) is -0.516. The van der Waals surface area contributed by atoms with Crippen molar-refractivity contribution in [2.24, 2.45) is 0 Å². The van der Waals surface area contributed by atoms with Crippen LogP contribution in [0.1, 0.15) is 60.7 Å². The molecule has 0 saturated heterocycles. The third-order valence-electron chi connectivity index (χ3n) is 5.90. The average Bonchev–Trinajstić information content (AvgIpc) is 2.84. The van der Waals surface area contributed by atoms with Gasteiger partial charge in [0.15, 0.2) is 11.6 Å². The normalized spacial score (nSPS) is 11.0. The molecule has 0 bridgehead atoms. The van der Waals surface area contributed by atoms with E-state index in [9.17, 15) is 39.6 Å². The van der Waals surface area contributed by atoms with Gasteiger partial charge in [-0.25, -0.2) is 9.59 Å². The van der Waals surface area contributed by atoms with Gasteiger partial charge < -0.3 is 20.4 Å². The van der Waals surface area contributed by atoms with Gasteiger partial charge in [-0.05, 0) is 29.3 Å². The van der Waals surface area contributed by atoms with E-state index in [0.717, 1.165) is 12.1 Å². The molecule has 8 heteroatoms. The van der Waals surface area contributed by atoms with Crippen molar-refractivity contribution in [1.82, 2.24) is 0 Å². The molecule has 0 aromatic heterocycles. The molecule has 0 heterocycles. The number of Topliss-reactive ketones (excluding diaryl/α,β-unsaturated/α-hetero) is 2. The summed E-state index contributed by atoms with van der Waals surface area (Å²) >= 11 is 0. The van der Waals surface area contributed by atoms with Crippen LogP contribution in [0.15, 0.2) is 60.7 Å². The quantitative estimate of drug-likeness (QED) is 0.261. The number of aromatic hydroxyl groups is 2. The molecule has 35 heavy (non-hydrogen) atoms. The van der Waals surface area contributed by atoms with Crippen LogP contribution in [0.4, 0.5) is 0 Å². The molecule has 4 N–H and O–H groups in total. The second-order valence-electron chi connectivity index (χ2n) is 8.04. The molecule has 0 fully saturated rings. The number of aromatic carboxylic acids is 2. The molecule has 4 aromatic carbocycles. The molecule has 176 valence electrons. The lowest BCUT2D eigenvalue weighted by Crippen LogP contribution is -2.08. The van der Waals surface area contributed by atoms with Crippen LogP contribution in [0, 0.1) is 0 Å². The Kier molecular flexibility index (Phi) is 6.20. The van der Waals surface area contributed by atoms with Gasteiger partial charge in [0.1, 0.15) is 22.6 Å². The molecule has 0 aliphatic rings. The summed E-state index contributed by atoms with van der Waals surface area (Å²) < 4.78 is 0. The van der Waals surface area contributed by atoms with E-state index < -0.39 is 35.0 Å². The summed E-state index contributed by atoms with van der Waals surface area (Å²) in [5.74, 6) is -4.37. The van der Waals surface area contributed by atoms with E-state index >= 15 is 0 Å². The molecular formula is C27H20O8. The zero-order chi connectivity index (χ0) is 25.3. The number of carbonyl (C=O) groups excluding carboxylic acids is 2. The second kappa shape index (κ2) is 9.26. The largest absolute Gasteiger partial charge is 0.506 e. The topological polar surface area (TPSA) is 149 Å². The smallest absolute Gasteiger partial charge is 0.339 e. The first-order valence-corrected chi connectivity index (χ1v) is 10.7. The van der Waals surface area contributed by atoms with Gasteiger partial charge in [-0.15, -0.1) is 0 Å². The first kappa shape index (κ1) is 23.4. The minimum absolute atomic E-state index is 0.0681. The maximum Gasteiger partial charge on any atom is 0.339 e. The Morgan fingerprint density at radius 2 is 0.886 bits per heavy atom. The van der Waals surface area contributed by atoms with Crippen LogP contribution >= 0.6 is 0 Å². The lowest BCUT2D eigenvalue weighted by Gasteiger charge is -2.11. The van der Waals surface area contributed by atoms with Crippen molar-refractivity contribution < 1.29 is 39.6 Å². The predicted molar refractivity (Wildman–Crippen MR) is 128 cm³/mol. The van der Waals surface area contributed by atoms with Gasteiger partial charge in [-0.3, -0.25) is 9.59 Å². The molecule has 0 aliphatic heterocycles. The van der Waals surface area contributed by atoms with Gasteiger partial charge >= 0.3 is 11.9 Å². The van der Waals surface area contributed by atoms with E-state index in [4.69, 9.17) is 0 Å². The SMILES string of the molecule is O=C(O)c1cc(C(=O)CCCC(=O)c2cc(C(=O)O)c(O)c3ccccc23)c2ccccc2c1O. The Bertz CT molecular complexity index is 1420. The van der Waals surface area contributed by atoms with Gasteiger partial charge in [-0.2, -0.15) is 0 Å². The Hall–Kier alpha value is -4.72. The summed E-state index contributed by atoms with van der Waals surface area (Å²) in [5, 5.41) is 40.6. The van der Waals surface area contributed by atoms with Crippen LogP contribution in [0.2, 0.25) is 0 Å². The van der Waals surface area contributed by atoms with Crippen LogP contribution in [0.3, 0.4) is 0 Å². The fraction of sp³-hybridized carbons (Fsp3) is 0.111.